The molecule has 0 saturated heterocycles. The third-order valence-electron chi connectivity index (χ3n) is 4.82. The SMILES string of the molecule is CC#C[C@H](CC(=O)O)c1ccc(OCc2ccc(-c3cc(OC)ccc3F)cc2)cc1. The Morgan fingerprint density at radius 3 is 2.32 bits per heavy atom. The number of aliphatic carboxylic acids is 1. The molecule has 1 atom stereocenters. The van der Waals surface area contributed by atoms with Crippen molar-refractivity contribution in [3.63, 3.8) is 0 Å². The van der Waals surface area contributed by atoms with E-state index in [2.05, 4.69) is 11.8 Å². The van der Waals surface area contributed by atoms with Crippen molar-refractivity contribution in [2.75, 3.05) is 7.11 Å². The lowest BCUT2D eigenvalue weighted by molar-refractivity contribution is -0.137. The van der Waals surface area contributed by atoms with Crippen molar-refractivity contribution >= 4 is 5.97 Å². The number of hydrogen-bond acceptors (Lipinski definition) is 3. The molecule has 0 aliphatic carbocycles. The fourth-order valence-electron chi connectivity index (χ4n) is 3.20. The predicted molar refractivity (Wildman–Crippen MR) is 118 cm³/mol. The van der Waals surface area contributed by atoms with Crippen LogP contribution in [-0.2, 0) is 11.4 Å². The number of ether oxygens (including phenoxy) is 2. The van der Waals surface area contributed by atoms with Crippen molar-refractivity contribution in [2.45, 2.75) is 25.9 Å². The maximum Gasteiger partial charge on any atom is 0.304 e. The third-order valence-corrected chi connectivity index (χ3v) is 4.82. The van der Waals surface area contributed by atoms with Gasteiger partial charge in [-0.3, -0.25) is 4.79 Å². The van der Waals surface area contributed by atoms with E-state index >= 15 is 0 Å². The average Bonchev–Trinajstić information content (AvgIpc) is 2.78. The number of carboxylic acid groups (broad SMARTS) is 1. The van der Waals surface area contributed by atoms with Crippen LogP contribution in [0.5, 0.6) is 11.5 Å². The molecule has 0 aliphatic heterocycles. The van der Waals surface area contributed by atoms with E-state index in [1.165, 1.54) is 6.07 Å². The number of hydrogen-bond donors (Lipinski definition) is 1. The average molecular weight is 418 g/mol. The minimum atomic E-state index is -0.884. The second kappa shape index (κ2) is 10.3. The van der Waals surface area contributed by atoms with Gasteiger partial charge in [-0.15, -0.1) is 5.92 Å². The molecule has 0 spiro atoms. The zero-order valence-corrected chi connectivity index (χ0v) is 17.4. The quantitative estimate of drug-likeness (QED) is 0.480. The first-order valence-electron chi connectivity index (χ1n) is 9.80. The summed E-state index contributed by atoms with van der Waals surface area (Å²) in [6.07, 6.45) is -0.0404. The van der Waals surface area contributed by atoms with Crippen molar-refractivity contribution in [1.82, 2.24) is 0 Å². The van der Waals surface area contributed by atoms with Gasteiger partial charge < -0.3 is 14.6 Å². The fraction of sp³-hybridized carbons (Fsp3) is 0.192. The molecule has 3 aromatic rings. The molecule has 0 aromatic heterocycles. The number of rotatable bonds is 8. The summed E-state index contributed by atoms with van der Waals surface area (Å²) < 4.78 is 25.2. The van der Waals surface area contributed by atoms with Gasteiger partial charge in [0.15, 0.2) is 0 Å². The molecule has 0 saturated carbocycles. The largest absolute Gasteiger partial charge is 0.497 e. The van der Waals surface area contributed by atoms with Crippen LogP contribution >= 0.6 is 0 Å². The Bertz CT molecular complexity index is 1090. The molecule has 0 amide bonds. The third kappa shape index (κ3) is 5.86. The fourth-order valence-corrected chi connectivity index (χ4v) is 3.20. The number of carbonyl (C=O) groups is 1. The van der Waals surface area contributed by atoms with Crippen LogP contribution in [-0.4, -0.2) is 18.2 Å². The second-order valence-electron chi connectivity index (χ2n) is 6.95. The van der Waals surface area contributed by atoms with Gasteiger partial charge in [-0.1, -0.05) is 42.3 Å². The van der Waals surface area contributed by atoms with E-state index in [1.807, 2.05) is 48.5 Å². The highest BCUT2D eigenvalue weighted by Gasteiger charge is 2.13. The van der Waals surface area contributed by atoms with Gasteiger partial charge in [0.2, 0.25) is 0 Å². The van der Waals surface area contributed by atoms with Gasteiger partial charge >= 0.3 is 5.97 Å². The lowest BCUT2D eigenvalue weighted by Crippen LogP contribution is -2.04. The lowest BCUT2D eigenvalue weighted by Gasteiger charge is -2.11. The van der Waals surface area contributed by atoms with E-state index in [0.29, 0.717) is 23.7 Å². The molecule has 31 heavy (non-hydrogen) atoms. The monoisotopic (exact) mass is 418 g/mol. The van der Waals surface area contributed by atoms with Gasteiger partial charge in [0.05, 0.1) is 19.4 Å². The summed E-state index contributed by atoms with van der Waals surface area (Å²) in [6.45, 7) is 2.05. The molecular formula is C26H23FO4. The maximum atomic E-state index is 14.1. The molecule has 0 aliphatic rings. The Hall–Kier alpha value is -3.78. The maximum absolute atomic E-state index is 14.1. The molecule has 0 unspecified atom stereocenters. The van der Waals surface area contributed by atoms with Crippen LogP contribution in [0.2, 0.25) is 0 Å². The Morgan fingerprint density at radius 1 is 1.03 bits per heavy atom. The number of benzene rings is 3. The van der Waals surface area contributed by atoms with Crippen LogP contribution in [0.1, 0.15) is 30.4 Å². The molecular weight excluding hydrogens is 395 g/mol. The van der Waals surface area contributed by atoms with Crippen LogP contribution in [0.3, 0.4) is 0 Å². The minimum Gasteiger partial charge on any atom is -0.497 e. The number of halogens is 1. The van der Waals surface area contributed by atoms with Gasteiger partial charge in [-0.2, -0.15) is 0 Å². The van der Waals surface area contributed by atoms with E-state index in [9.17, 15) is 9.18 Å². The topological polar surface area (TPSA) is 55.8 Å². The first-order chi connectivity index (χ1) is 15.0. The summed E-state index contributed by atoms with van der Waals surface area (Å²) in [6, 6.07) is 19.4. The Morgan fingerprint density at radius 2 is 1.71 bits per heavy atom. The van der Waals surface area contributed by atoms with Crippen LogP contribution in [0.25, 0.3) is 11.1 Å². The van der Waals surface area contributed by atoms with Gasteiger partial charge in [-0.05, 0) is 53.9 Å². The van der Waals surface area contributed by atoms with E-state index in [4.69, 9.17) is 14.6 Å². The molecule has 0 fully saturated rings. The summed E-state index contributed by atoms with van der Waals surface area (Å²) in [7, 11) is 1.55. The van der Waals surface area contributed by atoms with Crippen molar-refractivity contribution in [3.05, 3.63) is 83.7 Å². The highest BCUT2D eigenvalue weighted by molar-refractivity contribution is 5.69. The first kappa shape index (κ1) is 21.9. The molecule has 0 radical (unpaired) electrons. The molecule has 0 heterocycles. The second-order valence-corrected chi connectivity index (χ2v) is 6.95. The van der Waals surface area contributed by atoms with Crippen molar-refractivity contribution in [2.24, 2.45) is 0 Å². The van der Waals surface area contributed by atoms with Crippen molar-refractivity contribution in [1.29, 1.82) is 0 Å². The number of carboxylic acids is 1. The van der Waals surface area contributed by atoms with Gasteiger partial charge in [0.1, 0.15) is 23.9 Å². The summed E-state index contributed by atoms with van der Waals surface area (Å²) >= 11 is 0. The summed E-state index contributed by atoms with van der Waals surface area (Å²) in [4.78, 5) is 11.0. The molecule has 0 bridgehead atoms. The molecule has 158 valence electrons. The van der Waals surface area contributed by atoms with Crippen LogP contribution in [0, 0.1) is 17.7 Å². The first-order valence-corrected chi connectivity index (χ1v) is 9.80. The van der Waals surface area contributed by atoms with Gasteiger partial charge in [0, 0.05) is 5.56 Å². The van der Waals surface area contributed by atoms with Crippen LogP contribution in [0.4, 0.5) is 4.39 Å². The predicted octanol–water partition coefficient (Wildman–Crippen LogP) is 5.66. The molecule has 1 N–H and O–H groups in total. The van der Waals surface area contributed by atoms with Gasteiger partial charge in [-0.25, -0.2) is 4.39 Å². The van der Waals surface area contributed by atoms with Gasteiger partial charge in [0.25, 0.3) is 0 Å². The summed E-state index contributed by atoms with van der Waals surface area (Å²) in [5.41, 5.74) is 3.02. The zero-order valence-electron chi connectivity index (χ0n) is 17.4. The smallest absolute Gasteiger partial charge is 0.304 e. The van der Waals surface area contributed by atoms with Crippen molar-refractivity contribution < 1.29 is 23.8 Å². The molecule has 3 aromatic carbocycles. The standard InChI is InChI=1S/C26H23FO4/c1-3-4-21(15-26(28)29)19-9-11-22(12-10-19)31-17-18-5-7-20(8-6-18)24-16-23(30-2)13-14-25(24)27/h5-14,16,21H,15,17H2,1-2H3,(H,28,29)/t21-/m1/s1. The van der Waals surface area contributed by atoms with E-state index < -0.39 is 5.97 Å². The normalized spacial score (nSPS) is 11.2. The van der Waals surface area contributed by atoms with Crippen LogP contribution in [0.15, 0.2) is 66.7 Å². The number of methoxy groups -OCH3 is 1. The highest BCUT2D eigenvalue weighted by atomic mass is 19.1. The van der Waals surface area contributed by atoms with E-state index in [-0.39, 0.29) is 18.2 Å². The Labute approximate surface area is 181 Å². The molecule has 5 heteroatoms. The highest BCUT2D eigenvalue weighted by Crippen LogP contribution is 2.28. The van der Waals surface area contributed by atoms with Crippen molar-refractivity contribution in [3.8, 4) is 34.5 Å². The Balaban J connectivity index is 1.65. The molecule has 4 nitrogen and oxygen atoms in total. The van der Waals surface area contributed by atoms with E-state index in [0.717, 1.165) is 16.7 Å². The summed E-state index contributed by atoms with van der Waals surface area (Å²) in [5.74, 6) is 5.45. The van der Waals surface area contributed by atoms with Crippen LogP contribution < -0.4 is 9.47 Å². The molecule has 3 rings (SSSR count). The zero-order chi connectivity index (χ0) is 22.2. The van der Waals surface area contributed by atoms with E-state index in [1.54, 1.807) is 26.2 Å². The Kier molecular flexibility index (Phi) is 7.29. The summed E-state index contributed by atoms with van der Waals surface area (Å²) in [5, 5.41) is 9.05. The minimum absolute atomic E-state index is 0.0404. The lowest BCUT2D eigenvalue weighted by atomic mass is 9.96.